The van der Waals surface area contributed by atoms with Crippen LogP contribution in [-0.2, 0) is 14.3 Å². The highest BCUT2D eigenvalue weighted by molar-refractivity contribution is 7.99. The Labute approximate surface area is 163 Å². The van der Waals surface area contributed by atoms with Crippen molar-refractivity contribution in [2.75, 3.05) is 30.0 Å². The molecule has 146 valence electrons. The Hall–Kier alpha value is -2.60. The molecule has 0 saturated carbocycles. The zero-order chi connectivity index (χ0) is 20.0. The smallest absolute Gasteiger partial charge is 0.348 e. The van der Waals surface area contributed by atoms with Gasteiger partial charge in [-0.15, -0.1) is 16.4 Å². The van der Waals surface area contributed by atoms with Crippen molar-refractivity contribution < 1.29 is 23.9 Å². The fourth-order valence-electron chi connectivity index (χ4n) is 2.06. The lowest BCUT2D eigenvalue weighted by Crippen LogP contribution is -2.16. The predicted octanol–water partition coefficient (Wildman–Crippen LogP) is 1.84. The van der Waals surface area contributed by atoms with Gasteiger partial charge in [0.25, 0.3) is 0 Å². The molecule has 12 heteroatoms. The number of ether oxygens (including phenoxy) is 2. The van der Waals surface area contributed by atoms with Gasteiger partial charge in [0.05, 0.1) is 24.5 Å². The van der Waals surface area contributed by atoms with Gasteiger partial charge in [0.2, 0.25) is 17.0 Å². The molecule has 0 bridgehead atoms. The molecule has 0 saturated heterocycles. The van der Waals surface area contributed by atoms with Crippen LogP contribution in [-0.4, -0.2) is 52.0 Å². The number of thiophene rings is 1. The minimum Gasteiger partial charge on any atom is -0.462 e. The average molecular weight is 413 g/mol. The summed E-state index contributed by atoms with van der Waals surface area (Å²) in [5.41, 5.74) is 5.97. The molecule has 4 N–H and O–H groups in total. The van der Waals surface area contributed by atoms with Crippen LogP contribution in [0.25, 0.3) is 0 Å². The standard InChI is InChI=1S/C15H19N5O5S2/c1-4-24-12(22)9-7(3)10(13(23)25-5-2)27-11(9)17-8(21)6-26-15-18-14(16)19-20-15/h4-6H2,1-3H3,(H,17,21)(H3,16,18,19,20). The lowest BCUT2D eigenvalue weighted by molar-refractivity contribution is -0.113. The molecule has 0 aromatic carbocycles. The Bertz CT molecular complexity index is 848. The Morgan fingerprint density at radius 2 is 1.89 bits per heavy atom. The lowest BCUT2D eigenvalue weighted by atomic mass is 10.1. The van der Waals surface area contributed by atoms with Gasteiger partial charge in [-0.05, 0) is 26.3 Å². The second-order valence-corrected chi connectivity index (χ2v) is 7.00. The molecule has 0 aliphatic heterocycles. The summed E-state index contributed by atoms with van der Waals surface area (Å²) >= 11 is 2.04. The summed E-state index contributed by atoms with van der Waals surface area (Å²) in [5, 5.41) is 9.48. The van der Waals surface area contributed by atoms with Gasteiger partial charge >= 0.3 is 11.9 Å². The summed E-state index contributed by atoms with van der Waals surface area (Å²) in [6, 6.07) is 0. The Kier molecular flexibility index (Phi) is 7.19. The fraction of sp³-hybridized carbons (Fsp3) is 0.400. The van der Waals surface area contributed by atoms with Crippen molar-refractivity contribution in [2.45, 2.75) is 25.9 Å². The molecule has 0 fully saturated rings. The zero-order valence-corrected chi connectivity index (χ0v) is 16.6. The van der Waals surface area contributed by atoms with Crippen molar-refractivity contribution in [3.63, 3.8) is 0 Å². The molecule has 0 unspecified atom stereocenters. The molecule has 2 rings (SSSR count). The highest BCUT2D eigenvalue weighted by Gasteiger charge is 2.27. The molecule has 1 amide bonds. The predicted molar refractivity (Wildman–Crippen MR) is 101 cm³/mol. The van der Waals surface area contributed by atoms with Gasteiger partial charge < -0.3 is 20.5 Å². The van der Waals surface area contributed by atoms with Crippen LogP contribution in [0, 0.1) is 6.92 Å². The van der Waals surface area contributed by atoms with Gasteiger partial charge in [0.1, 0.15) is 9.88 Å². The number of aromatic nitrogens is 3. The second kappa shape index (κ2) is 9.37. The Balaban J connectivity index is 2.19. The third-order valence-electron chi connectivity index (χ3n) is 3.15. The van der Waals surface area contributed by atoms with Crippen molar-refractivity contribution >= 4 is 51.9 Å². The number of aromatic amines is 1. The molecule has 27 heavy (non-hydrogen) atoms. The molecule has 2 aromatic rings. The fourth-order valence-corrected chi connectivity index (χ4v) is 3.77. The largest absolute Gasteiger partial charge is 0.462 e. The first-order valence-electron chi connectivity index (χ1n) is 7.95. The highest BCUT2D eigenvalue weighted by atomic mass is 32.2. The van der Waals surface area contributed by atoms with E-state index in [9.17, 15) is 14.4 Å². The number of esters is 2. The third-order valence-corrected chi connectivity index (χ3v) is 5.19. The quantitative estimate of drug-likeness (QED) is 0.435. The number of carbonyl (C=O) groups excluding carboxylic acids is 3. The van der Waals surface area contributed by atoms with E-state index >= 15 is 0 Å². The number of H-pyrrole nitrogens is 1. The van der Waals surface area contributed by atoms with E-state index < -0.39 is 17.8 Å². The number of amides is 1. The van der Waals surface area contributed by atoms with Crippen molar-refractivity contribution in [3.05, 3.63) is 16.0 Å². The maximum absolute atomic E-state index is 12.3. The van der Waals surface area contributed by atoms with E-state index in [1.54, 1.807) is 20.8 Å². The van der Waals surface area contributed by atoms with Crippen LogP contribution in [0.3, 0.4) is 0 Å². The molecule has 2 heterocycles. The van der Waals surface area contributed by atoms with Crippen LogP contribution in [0.15, 0.2) is 5.16 Å². The van der Waals surface area contributed by atoms with Crippen LogP contribution in [0.2, 0.25) is 0 Å². The number of hydrogen-bond donors (Lipinski definition) is 3. The van der Waals surface area contributed by atoms with Crippen LogP contribution in [0.5, 0.6) is 0 Å². The van der Waals surface area contributed by atoms with Crippen LogP contribution >= 0.6 is 23.1 Å². The molecule has 0 atom stereocenters. The van der Waals surface area contributed by atoms with Gasteiger partial charge in [-0.1, -0.05) is 11.8 Å². The molecular weight excluding hydrogens is 394 g/mol. The van der Waals surface area contributed by atoms with E-state index in [4.69, 9.17) is 15.2 Å². The molecule has 10 nitrogen and oxygen atoms in total. The molecule has 2 aromatic heterocycles. The minimum absolute atomic E-state index is 0.00868. The lowest BCUT2D eigenvalue weighted by Gasteiger charge is -2.06. The van der Waals surface area contributed by atoms with Gasteiger partial charge in [0, 0.05) is 0 Å². The van der Waals surface area contributed by atoms with E-state index in [0.29, 0.717) is 10.7 Å². The van der Waals surface area contributed by atoms with E-state index in [-0.39, 0.29) is 40.4 Å². The SMILES string of the molecule is CCOC(=O)c1sc(NC(=O)CSc2n[nH]c(N)n2)c(C(=O)OCC)c1C. The van der Waals surface area contributed by atoms with Crippen LogP contribution in [0.4, 0.5) is 10.9 Å². The van der Waals surface area contributed by atoms with Crippen molar-refractivity contribution in [3.8, 4) is 0 Å². The maximum Gasteiger partial charge on any atom is 0.348 e. The van der Waals surface area contributed by atoms with E-state index in [1.807, 2.05) is 0 Å². The summed E-state index contributed by atoms with van der Waals surface area (Å²) in [7, 11) is 0. The number of thioether (sulfide) groups is 1. The van der Waals surface area contributed by atoms with Crippen molar-refractivity contribution in [2.24, 2.45) is 0 Å². The first kappa shape index (κ1) is 20.7. The van der Waals surface area contributed by atoms with Crippen molar-refractivity contribution in [1.29, 1.82) is 0 Å². The summed E-state index contributed by atoms with van der Waals surface area (Å²) in [4.78, 5) is 40.8. The third kappa shape index (κ3) is 5.20. The second-order valence-electron chi connectivity index (χ2n) is 5.04. The normalized spacial score (nSPS) is 10.5. The number of nitrogens with one attached hydrogen (secondary N) is 2. The van der Waals surface area contributed by atoms with E-state index in [0.717, 1.165) is 23.1 Å². The van der Waals surface area contributed by atoms with Gasteiger partial charge in [0.15, 0.2) is 0 Å². The van der Waals surface area contributed by atoms with Crippen LogP contribution in [0.1, 0.15) is 39.4 Å². The number of nitrogens with two attached hydrogens (primary N) is 1. The molecule has 0 radical (unpaired) electrons. The van der Waals surface area contributed by atoms with Gasteiger partial charge in [-0.2, -0.15) is 4.98 Å². The number of nitrogens with zero attached hydrogens (tertiary/aromatic N) is 2. The topological polar surface area (TPSA) is 149 Å². The highest BCUT2D eigenvalue weighted by Crippen LogP contribution is 2.34. The number of nitrogen functional groups attached to an aromatic ring is 1. The summed E-state index contributed by atoms with van der Waals surface area (Å²) < 4.78 is 10.0. The monoisotopic (exact) mass is 413 g/mol. The van der Waals surface area contributed by atoms with E-state index in [1.165, 1.54) is 0 Å². The molecule has 0 spiro atoms. The number of anilines is 2. The Morgan fingerprint density at radius 1 is 1.22 bits per heavy atom. The van der Waals surface area contributed by atoms with E-state index in [2.05, 4.69) is 20.5 Å². The maximum atomic E-state index is 12.3. The number of rotatable bonds is 8. The van der Waals surface area contributed by atoms with Gasteiger partial charge in [-0.25, -0.2) is 14.7 Å². The first-order chi connectivity index (χ1) is 12.9. The summed E-state index contributed by atoms with van der Waals surface area (Å²) in [6.07, 6.45) is 0. The summed E-state index contributed by atoms with van der Waals surface area (Å²) in [6.45, 7) is 5.32. The molecule has 0 aliphatic carbocycles. The number of carbonyl (C=O) groups is 3. The first-order valence-corrected chi connectivity index (χ1v) is 9.75. The zero-order valence-electron chi connectivity index (χ0n) is 15.0. The van der Waals surface area contributed by atoms with Gasteiger partial charge in [-0.3, -0.25) is 4.79 Å². The van der Waals surface area contributed by atoms with Crippen molar-refractivity contribution in [1.82, 2.24) is 15.2 Å². The molecule has 0 aliphatic rings. The summed E-state index contributed by atoms with van der Waals surface area (Å²) in [5.74, 6) is -1.44. The Morgan fingerprint density at radius 3 is 2.48 bits per heavy atom. The van der Waals surface area contributed by atoms with Crippen LogP contribution < -0.4 is 11.1 Å². The average Bonchev–Trinajstić information content (AvgIpc) is 3.16. The number of hydrogen-bond acceptors (Lipinski definition) is 10. The molecular formula is C15H19N5O5S2. The minimum atomic E-state index is -0.619.